The Balaban J connectivity index is 1.51. The molecule has 1 heterocycles. The van der Waals surface area contributed by atoms with Crippen LogP contribution >= 0.6 is 0 Å². The van der Waals surface area contributed by atoms with E-state index in [1.165, 1.54) is 16.8 Å². The monoisotopic (exact) mass is 326 g/mol. The van der Waals surface area contributed by atoms with Gasteiger partial charge in [-0.2, -0.15) is 0 Å². The molecule has 128 valence electrons. The summed E-state index contributed by atoms with van der Waals surface area (Å²) in [4.78, 5) is 2.38. The van der Waals surface area contributed by atoms with Crippen molar-refractivity contribution in [1.82, 2.24) is 5.32 Å². The molecular formula is C20H26N2O2. The largest absolute Gasteiger partial charge is 0.391 e. The number of aliphatic hydroxyl groups is 1. The molecule has 24 heavy (non-hydrogen) atoms. The molecule has 1 aliphatic heterocycles. The van der Waals surface area contributed by atoms with E-state index in [9.17, 15) is 5.11 Å². The summed E-state index contributed by atoms with van der Waals surface area (Å²) in [6.45, 7) is 4.81. The molecule has 2 N–H and O–H groups in total. The zero-order chi connectivity index (χ0) is 16.6. The first-order valence-corrected chi connectivity index (χ1v) is 8.66. The summed E-state index contributed by atoms with van der Waals surface area (Å²) in [5.74, 6) is 0. The highest BCUT2D eigenvalue weighted by Gasteiger charge is 2.14. The van der Waals surface area contributed by atoms with Gasteiger partial charge in [0, 0.05) is 31.9 Å². The van der Waals surface area contributed by atoms with Crippen LogP contribution in [0.5, 0.6) is 0 Å². The fraction of sp³-hybridized carbons (Fsp3) is 0.400. The van der Waals surface area contributed by atoms with Crippen molar-refractivity contribution in [3.63, 3.8) is 0 Å². The second kappa shape index (κ2) is 8.83. The molecule has 0 aliphatic carbocycles. The number of nitrogens with one attached hydrogen (secondary N) is 1. The third-order valence-electron chi connectivity index (χ3n) is 4.35. The number of hydrogen-bond acceptors (Lipinski definition) is 4. The zero-order valence-electron chi connectivity index (χ0n) is 14.0. The molecule has 1 atom stereocenters. The lowest BCUT2D eigenvalue weighted by Gasteiger charge is -2.30. The van der Waals surface area contributed by atoms with Crippen molar-refractivity contribution in [2.24, 2.45) is 0 Å². The number of benzene rings is 2. The second-order valence-electron chi connectivity index (χ2n) is 6.20. The van der Waals surface area contributed by atoms with Gasteiger partial charge in [-0.3, -0.25) is 0 Å². The summed E-state index contributed by atoms with van der Waals surface area (Å²) in [7, 11) is 0. The van der Waals surface area contributed by atoms with Crippen LogP contribution in [-0.2, 0) is 17.7 Å². The van der Waals surface area contributed by atoms with Gasteiger partial charge in [-0.05, 0) is 23.6 Å². The molecule has 1 fully saturated rings. The van der Waals surface area contributed by atoms with Crippen molar-refractivity contribution in [2.45, 2.75) is 19.1 Å². The summed E-state index contributed by atoms with van der Waals surface area (Å²) >= 11 is 0. The van der Waals surface area contributed by atoms with Gasteiger partial charge < -0.3 is 20.1 Å². The minimum Gasteiger partial charge on any atom is -0.391 e. The minimum atomic E-state index is -0.372. The van der Waals surface area contributed by atoms with Gasteiger partial charge in [-0.25, -0.2) is 0 Å². The smallest absolute Gasteiger partial charge is 0.0704 e. The van der Waals surface area contributed by atoms with E-state index in [1.807, 2.05) is 18.2 Å². The van der Waals surface area contributed by atoms with Crippen LogP contribution in [0.3, 0.4) is 0 Å². The molecule has 4 nitrogen and oxygen atoms in total. The van der Waals surface area contributed by atoms with Crippen LogP contribution in [0.25, 0.3) is 0 Å². The van der Waals surface area contributed by atoms with E-state index in [4.69, 9.17) is 4.74 Å². The zero-order valence-corrected chi connectivity index (χ0v) is 14.0. The van der Waals surface area contributed by atoms with Crippen molar-refractivity contribution >= 4 is 5.69 Å². The molecule has 0 bridgehead atoms. The van der Waals surface area contributed by atoms with Crippen LogP contribution in [0.15, 0.2) is 54.6 Å². The maximum atomic E-state index is 10.2. The Bertz CT molecular complexity index is 612. The van der Waals surface area contributed by atoms with E-state index in [-0.39, 0.29) is 6.10 Å². The molecule has 0 radical (unpaired) electrons. The van der Waals surface area contributed by atoms with Crippen LogP contribution in [0, 0.1) is 0 Å². The van der Waals surface area contributed by atoms with Gasteiger partial charge in [0.2, 0.25) is 0 Å². The van der Waals surface area contributed by atoms with Crippen molar-refractivity contribution in [3.8, 4) is 0 Å². The van der Waals surface area contributed by atoms with Gasteiger partial charge >= 0.3 is 0 Å². The summed E-state index contributed by atoms with van der Waals surface area (Å²) in [6.07, 6.45) is 0.307. The highest BCUT2D eigenvalue weighted by molar-refractivity contribution is 5.53. The molecule has 0 aromatic heterocycles. The normalized spacial score (nSPS) is 16.1. The number of hydrogen-bond donors (Lipinski definition) is 2. The Morgan fingerprint density at radius 2 is 1.71 bits per heavy atom. The van der Waals surface area contributed by atoms with Gasteiger partial charge in [-0.1, -0.05) is 48.5 Å². The Labute approximate surface area is 144 Å². The minimum absolute atomic E-state index is 0.372. The standard InChI is InChI=1S/C20H26N2O2/c23-19(14-17-6-2-1-3-7-17)16-21-15-18-8-4-5-9-20(18)22-10-12-24-13-11-22/h1-9,19,21,23H,10-16H2. The third-order valence-corrected chi connectivity index (χ3v) is 4.35. The summed E-state index contributed by atoms with van der Waals surface area (Å²) in [6, 6.07) is 18.6. The van der Waals surface area contributed by atoms with E-state index < -0.39 is 0 Å². The fourth-order valence-corrected chi connectivity index (χ4v) is 3.10. The van der Waals surface area contributed by atoms with E-state index in [1.54, 1.807) is 0 Å². The lowest BCUT2D eigenvalue weighted by atomic mass is 10.1. The van der Waals surface area contributed by atoms with Crippen LogP contribution < -0.4 is 10.2 Å². The number of morpholine rings is 1. The predicted molar refractivity (Wildman–Crippen MR) is 97.3 cm³/mol. The average molecular weight is 326 g/mol. The van der Waals surface area contributed by atoms with Gasteiger partial charge in [0.25, 0.3) is 0 Å². The molecule has 0 spiro atoms. The van der Waals surface area contributed by atoms with Crippen LogP contribution in [-0.4, -0.2) is 44.1 Å². The Morgan fingerprint density at radius 1 is 1.00 bits per heavy atom. The molecule has 3 rings (SSSR count). The topological polar surface area (TPSA) is 44.7 Å². The predicted octanol–water partition coefficient (Wildman–Crippen LogP) is 2.22. The molecule has 1 saturated heterocycles. The van der Waals surface area contributed by atoms with Gasteiger partial charge in [0.15, 0.2) is 0 Å². The molecule has 1 unspecified atom stereocenters. The lowest BCUT2D eigenvalue weighted by Crippen LogP contribution is -2.37. The van der Waals surface area contributed by atoms with Crippen molar-refractivity contribution in [2.75, 3.05) is 37.7 Å². The number of nitrogens with zero attached hydrogens (tertiary/aromatic N) is 1. The number of aliphatic hydroxyl groups excluding tert-OH is 1. The molecule has 4 heteroatoms. The summed E-state index contributed by atoms with van der Waals surface area (Å²) < 4.78 is 5.44. The number of anilines is 1. The highest BCUT2D eigenvalue weighted by atomic mass is 16.5. The van der Waals surface area contributed by atoms with Crippen LogP contribution in [0.1, 0.15) is 11.1 Å². The molecule has 2 aromatic carbocycles. The van der Waals surface area contributed by atoms with Crippen molar-refractivity contribution in [3.05, 3.63) is 65.7 Å². The Morgan fingerprint density at radius 3 is 2.50 bits per heavy atom. The van der Waals surface area contributed by atoms with Crippen LogP contribution in [0.2, 0.25) is 0 Å². The average Bonchev–Trinajstić information content (AvgIpc) is 2.64. The first-order valence-electron chi connectivity index (χ1n) is 8.66. The van der Waals surface area contributed by atoms with E-state index >= 15 is 0 Å². The second-order valence-corrected chi connectivity index (χ2v) is 6.20. The highest BCUT2D eigenvalue weighted by Crippen LogP contribution is 2.21. The molecule has 2 aromatic rings. The molecule has 0 amide bonds. The number of rotatable bonds is 7. The van der Waals surface area contributed by atoms with Gasteiger partial charge in [0.1, 0.15) is 0 Å². The third kappa shape index (κ3) is 4.81. The van der Waals surface area contributed by atoms with E-state index in [0.717, 1.165) is 32.8 Å². The number of para-hydroxylation sites is 1. The van der Waals surface area contributed by atoms with Crippen molar-refractivity contribution in [1.29, 1.82) is 0 Å². The SMILES string of the molecule is OC(CNCc1ccccc1N1CCOCC1)Cc1ccccc1. The maximum absolute atomic E-state index is 10.2. The maximum Gasteiger partial charge on any atom is 0.0704 e. The first kappa shape index (κ1) is 17.0. The summed E-state index contributed by atoms with van der Waals surface area (Å²) in [5.41, 5.74) is 3.71. The summed E-state index contributed by atoms with van der Waals surface area (Å²) in [5, 5.41) is 13.6. The number of ether oxygens (including phenoxy) is 1. The fourth-order valence-electron chi connectivity index (χ4n) is 3.10. The molecule has 0 saturated carbocycles. The van der Waals surface area contributed by atoms with Gasteiger partial charge in [-0.15, -0.1) is 0 Å². The first-order chi connectivity index (χ1) is 11.8. The quantitative estimate of drug-likeness (QED) is 0.819. The molecular weight excluding hydrogens is 300 g/mol. The lowest BCUT2D eigenvalue weighted by molar-refractivity contribution is 0.122. The Hall–Kier alpha value is -1.88. The van der Waals surface area contributed by atoms with E-state index in [2.05, 4.69) is 46.6 Å². The van der Waals surface area contributed by atoms with Crippen LogP contribution in [0.4, 0.5) is 5.69 Å². The molecule has 1 aliphatic rings. The van der Waals surface area contributed by atoms with Crippen molar-refractivity contribution < 1.29 is 9.84 Å². The van der Waals surface area contributed by atoms with E-state index in [0.29, 0.717) is 13.0 Å². The van der Waals surface area contributed by atoms with Gasteiger partial charge in [0.05, 0.1) is 19.3 Å². The Kier molecular flexibility index (Phi) is 6.24.